The molecule has 0 aromatic carbocycles. The van der Waals surface area contributed by atoms with E-state index in [0.29, 0.717) is 0 Å². The summed E-state index contributed by atoms with van der Waals surface area (Å²) < 4.78 is 14.7. The van der Waals surface area contributed by atoms with E-state index in [1.807, 2.05) is 0 Å². The van der Waals surface area contributed by atoms with Crippen LogP contribution in [0.5, 0.6) is 0 Å². The van der Waals surface area contributed by atoms with Crippen molar-refractivity contribution in [1.29, 1.82) is 0 Å². The Hall–Kier alpha value is -1.63. The van der Waals surface area contributed by atoms with Gasteiger partial charge in [-0.1, -0.05) is 6.58 Å². The second-order valence-electron chi connectivity index (χ2n) is 3.68. The highest BCUT2D eigenvalue weighted by Gasteiger charge is 2.40. The molecular weight excluding hydrogens is 244 g/mol. The molecule has 0 heterocycles. The molecule has 0 aliphatic rings. The van der Waals surface area contributed by atoms with Crippen molar-refractivity contribution in [1.82, 2.24) is 0 Å². The molecule has 0 fully saturated rings. The zero-order valence-corrected chi connectivity index (χ0v) is 11.4. The molecule has 0 bridgehead atoms. The van der Waals surface area contributed by atoms with Crippen molar-refractivity contribution < 1.29 is 28.0 Å². The zero-order valence-electron chi connectivity index (χ0n) is 10.4. The van der Waals surface area contributed by atoms with Crippen LogP contribution >= 0.6 is 0 Å². The van der Waals surface area contributed by atoms with Gasteiger partial charge in [-0.25, -0.2) is 4.79 Å². The average Bonchev–Trinajstić information content (AvgIpc) is 2.11. The van der Waals surface area contributed by atoms with Crippen LogP contribution in [-0.2, 0) is 28.0 Å². The first kappa shape index (κ1) is 15.4. The molecule has 0 aliphatic heterocycles. The lowest BCUT2D eigenvalue weighted by molar-refractivity contribution is -0.144. The fourth-order valence-electron chi connectivity index (χ4n) is 1.01. The maximum Gasteiger partial charge on any atom is 0.500 e. The summed E-state index contributed by atoms with van der Waals surface area (Å²) in [5, 5.41) is 0. The Labute approximate surface area is 101 Å². The normalized spacial score (nSPS) is 10.4. The van der Waals surface area contributed by atoms with Gasteiger partial charge in [0.05, 0.1) is 0 Å². The van der Waals surface area contributed by atoms with Crippen LogP contribution in [0.4, 0.5) is 0 Å². The van der Waals surface area contributed by atoms with Crippen LogP contribution in [0.2, 0.25) is 6.55 Å². The summed E-state index contributed by atoms with van der Waals surface area (Å²) in [5.41, 5.74) is 0.215. The van der Waals surface area contributed by atoms with Gasteiger partial charge in [0.25, 0.3) is 11.9 Å². The summed E-state index contributed by atoms with van der Waals surface area (Å²) in [6.07, 6.45) is -0.252. The molecule has 0 aromatic rings. The molecule has 0 N–H and O–H groups in total. The molecule has 0 atom stereocenters. The van der Waals surface area contributed by atoms with Gasteiger partial charge in [0, 0.05) is 26.0 Å². The van der Waals surface area contributed by atoms with Gasteiger partial charge in [0.2, 0.25) is 0 Å². The first-order chi connectivity index (χ1) is 7.66. The van der Waals surface area contributed by atoms with Gasteiger partial charge >= 0.3 is 14.5 Å². The lowest BCUT2D eigenvalue weighted by Crippen LogP contribution is -2.47. The molecule has 0 saturated heterocycles. The number of carbonyl (C=O) groups is 3. The summed E-state index contributed by atoms with van der Waals surface area (Å²) >= 11 is 0. The van der Waals surface area contributed by atoms with Crippen LogP contribution in [0.15, 0.2) is 12.2 Å². The molecular formula is C10H16O6Si. The Bertz CT molecular complexity index is 333. The number of rotatable bonds is 5. The Morgan fingerprint density at radius 2 is 1.47 bits per heavy atom. The first-order valence-corrected chi connectivity index (χ1v) is 7.40. The van der Waals surface area contributed by atoms with E-state index in [-0.39, 0.29) is 11.8 Å². The molecule has 0 rings (SSSR count). The molecule has 0 aliphatic carbocycles. The topological polar surface area (TPSA) is 78.9 Å². The van der Waals surface area contributed by atoms with Crippen LogP contribution in [0, 0.1) is 0 Å². The molecule has 0 amide bonds. The summed E-state index contributed by atoms with van der Waals surface area (Å²) in [7, 11) is -3.17. The standard InChI is InChI=1S/C10H16O6Si/c1-7(2)10(13)14-6-17(5,15-8(3)11)16-9(4)12/h1,6H2,2-5H3. The van der Waals surface area contributed by atoms with Crippen molar-refractivity contribution in [2.75, 3.05) is 6.23 Å². The predicted octanol–water partition coefficient (Wildman–Crippen LogP) is 0.843. The Kier molecular flexibility index (Phi) is 5.59. The Balaban J connectivity index is 4.58. The fraction of sp³-hybridized carbons (Fsp3) is 0.500. The minimum atomic E-state index is -3.17. The highest BCUT2D eigenvalue weighted by Crippen LogP contribution is 2.10. The van der Waals surface area contributed by atoms with E-state index >= 15 is 0 Å². The van der Waals surface area contributed by atoms with Crippen molar-refractivity contribution in [3.8, 4) is 0 Å². The molecule has 17 heavy (non-hydrogen) atoms. The first-order valence-electron chi connectivity index (χ1n) is 4.88. The van der Waals surface area contributed by atoms with Gasteiger partial charge in [0.1, 0.15) is 0 Å². The van der Waals surface area contributed by atoms with Crippen molar-refractivity contribution in [2.45, 2.75) is 27.3 Å². The number of hydrogen-bond acceptors (Lipinski definition) is 6. The van der Waals surface area contributed by atoms with E-state index < -0.39 is 26.5 Å². The molecule has 7 heteroatoms. The van der Waals surface area contributed by atoms with Crippen molar-refractivity contribution in [2.24, 2.45) is 0 Å². The predicted molar refractivity (Wildman–Crippen MR) is 60.9 cm³/mol. The third-order valence-electron chi connectivity index (χ3n) is 1.53. The fourth-order valence-corrected chi connectivity index (χ4v) is 2.78. The van der Waals surface area contributed by atoms with Gasteiger partial charge in [-0.2, -0.15) is 0 Å². The zero-order chi connectivity index (χ0) is 13.6. The number of ether oxygens (including phenoxy) is 1. The van der Waals surface area contributed by atoms with Crippen molar-refractivity contribution in [3.05, 3.63) is 12.2 Å². The lowest BCUT2D eigenvalue weighted by Gasteiger charge is -2.24. The quantitative estimate of drug-likeness (QED) is 0.414. The lowest BCUT2D eigenvalue weighted by atomic mass is 10.4. The van der Waals surface area contributed by atoms with E-state index in [4.69, 9.17) is 13.6 Å². The minimum Gasteiger partial charge on any atom is -0.483 e. The van der Waals surface area contributed by atoms with Gasteiger partial charge in [-0.05, 0) is 6.92 Å². The summed E-state index contributed by atoms with van der Waals surface area (Å²) in [5.74, 6) is -1.80. The third kappa shape index (κ3) is 6.51. The molecule has 0 spiro atoms. The molecule has 6 nitrogen and oxygen atoms in total. The maximum atomic E-state index is 11.2. The van der Waals surface area contributed by atoms with E-state index in [1.54, 1.807) is 0 Å². The van der Waals surface area contributed by atoms with Crippen molar-refractivity contribution in [3.63, 3.8) is 0 Å². The third-order valence-corrected chi connectivity index (χ3v) is 3.64. The number of hydrogen-bond donors (Lipinski definition) is 0. The van der Waals surface area contributed by atoms with E-state index in [9.17, 15) is 14.4 Å². The van der Waals surface area contributed by atoms with Crippen LogP contribution < -0.4 is 0 Å². The van der Waals surface area contributed by atoms with Crippen LogP contribution in [0.1, 0.15) is 20.8 Å². The van der Waals surface area contributed by atoms with Gasteiger partial charge in [0.15, 0.2) is 6.23 Å². The average molecular weight is 260 g/mol. The SMILES string of the molecule is C=C(C)C(=O)OC[Si](C)(OC(C)=O)OC(C)=O. The van der Waals surface area contributed by atoms with Crippen LogP contribution in [0.3, 0.4) is 0 Å². The number of carbonyl (C=O) groups excluding carboxylic acids is 3. The van der Waals surface area contributed by atoms with Crippen LogP contribution in [-0.4, -0.2) is 32.7 Å². The van der Waals surface area contributed by atoms with Crippen molar-refractivity contribution >= 4 is 26.5 Å². The van der Waals surface area contributed by atoms with E-state index in [0.717, 1.165) is 0 Å². The summed E-state index contributed by atoms with van der Waals surface area (Å²) in [6, 6.07) is 0. The van der Waals surface area contributed by atoms with Gasteiger partial charge < -0.3 is 13.6 Å². The highest BCUT2D eigenvalue weighted by atomic mass is 28.4. The van der Waals surface area contributed by atoms with E-state index in [1.165, 1.54) is 27.3 Å². The molecule has 0 radical (unpaired) electrons. The maximum absolute atomic E-state index is 11.2. The van der Waals surface area contributed by atoms with Gasteiger partial charge in [-0.15, -0.1) is 0 Å². The second kappa shape index (κ2) is 6.19. The Morgan fingerprint density at radius 1 is 1.06 bits per heavy atom. The molecule has 96 valence electrons. The molecule has 0 unspecified atom stereocenters. The smallest absolute Gasteiger partial charge is 0.483 e. The van der Waals surface area contributed by atoms with Gasteiger partial charge in [-0.3, -0.25) is 9.59 Å². The molecule has 0 aromatic heterocycles. The number of esters is 1. The summed E-state index contributed by atoms with van der Waals surface area (Å²) in [6.45, 7) is 8.73. The largest absolute Gasteiger partial charge is 0.500 e. The highest BCUT2D eigenvalue weighted by molar-refractivity contribution is 6.69. The second-order valence-corrected chi connectivity index (χ2v) is 6.64. The molecule has 0 saturated carbocycles. The Morgan fingerprint density at radius 3 is 1.76 bits per heavy atom. The minimum absolute atomic E-state index is 0.215. The summed E-state index contributed by atoms with van der Waals surface area (Å²) in [4.78, 5) is 32.9. The van der Waals surface area contributed by atoms with E-state index in [2.05, 4.69) is 6.58 Å². The monoisotopic (exact) mass is 260 g/mol. The van der Waals surface area contributed by atoms with Crippen LogP contribution in [0.25, 0.3) is 0 Å².